The fraction of sp³-hybridized carbons (Fsp3) is 0.947. The predicted octanol–water partition coefficient (Wildman–Crippen LogP) is 3.23. The monoisotopic (exact) mass is 393 g/mol. The van der Waals surface area contributed by atoms with Gasteiger partial charge in [0.1, 0.15) is 0 Å². The molecule has 0 aromatic rings. The highest BCUT2D eigenvalue weighted by molar-refractivity contribution is 5.85. The van der Waals surface area contributed by atoms with Crippen LogP contribution in [-0.2, 0) is 4.79 Å². The van der Waals surface area contributed by atoms with Crippen LogP contribution in [-0.4, -0.2) is 49.1 Å². The van der Waals surface area contributed by atoms with Gasteiger partial charge in [0.25, 0.3) is 0 Å². The second-order valence-corrected chi connectivity index (χ2v) is 8.46. The third-order valence-electron chi connectivity index (χ3n) is 6.07. The van der Waals surface area contributed by atoms with Crippen LogP contribution >= 0.6 is 24.8 Å². The molecule has 1 saturated carbocycles. The molecule has 0 bridgehead atoms. The third kappa shape index (κ3) is 6.57. The first-order valence-electron chi connectivity index (χ1n) is 9.88. The van der Waals surface area contributed by atoms with Gasteiger partial charge in [0.05, 0.1) is 6.04 Å². The summed E-state index contributed by atoms with van der Waals surface area (Å²) < 4.78 is 0. The second-order valence-electron chi connectivity index (χ2n) is 8.46. The van der Waals surface area contributed by atoms with Crippen molar-refractivity contribution in [2.75, 3.05) is 26.2 Å². The number of carbonyl (C=O) groups is 1. The summed E-state index contributed by atoms with van der Waals surface area (Å²) in [6.07, 6.45) is 8.75. The Morgan fingerprint density at radius 1 is 1.08 bits per heavy atom. The minimum Gasteiger partial charge on any atom is -0.355 e. The van der Waals surface area contributed by atoms with Gasteiger partial charge in [-0.1, -0.05) is 26.7 Å². The Bertz CT molecular complexity index is 386. The van der Waals surface area contributed by atoms with Crippen molar-refractivity contribution in [1.82, 2.24) is 15.5 Å². The molecule has 3 aliphatic rings. The Balaban J connectivity index is 0.00000156. The number of piperidine rings is 1. The van der Waals surface area contributed by atoms with Crippen molar-refractivity contribution in [2.24, 2.45) is 17.8 Å². The van der Waals surface area contributed by atoms with Crippen molar-refractivity contribution in [1.29, 1.82) is 0 Å². The fourth-order valence-corrected chi connectivity index (χ4v) is 5.13. The molecule has 3 rings (SSSR count). The van der Waals surface area contributed by atoms with Crippen molar-refractivity contribution in [3.63, 3.8) is 0 Å². The van der Waals surface area contributed by atoms with Crippen LogP contribution in [0.5, 0.6) is 0 Å². The van der Waals surface area contributed by atoms with Crippen LogP contribution in [0.2, 0.25) is 0 Å². The minimum absolute atomic E-state index is 0. The van der Waals surface area contributed by atoms with Gasteiger partial charge in [0.15, 0.2) is 0 Å². The van der Waals surface area contributed by atoms with Crippen molar-refractivity contribution >= 4 is 30.7 Å². The third-order valence-corrected chi connectivity index (χ3v) is 6.07. The molecule has 2 heterocycles. The molecule has 1 aliphatic carbocycles. The van der Waals surface area contributed by atoms with Gasteiger partial charge in [0, 0.05) is 25.7 Å². The molecule has 2 saturated heterocycles. The first-order chi connectivity index (χ1) is 11.1. The van der Waals surface area contributed by atoms with Crippen molar-refractivity contribution in [2.45, 2.75) is 70.9 Å². The maximum Gasteiger partial charge on any atom is 0.237 e. The molecule has 0 spiro atoms. The Morgan fingerprint density at radius 2 is 1.76 bits per heavy atom. The van der Waals surface area contributed by atoms with Crippen LogP contribution in [0.15, 0.2) is 0 Å². The number of halogens is 2. The summed E-state index contributed by atoms with van der Waals surface area (Å²) in [5, 5.41) is 6.74. The van der Waals surface area contributed by atoms with Crippen LogP contribution in [0.1, 0.15) is 58.8 Å². The first kappa shape index (κ1) is 23.0. The predicted molar refractivity (Wildman–Crippen MR) is 109 cm³/mol. The minimum atomic E-state index is 0. The second kappa shape index (κ2) is 11.0. The molecule has 0 radical (unpaired) electrons. The van der Waals surface area contributed by atoms with E-state index in [0.29, 0.717) is 6.04 Å². The summed E-state index contributed by atoms with van der Waals surface area (Å²) >= 11 is 0. The van der Waals surface area contributed by atoms with E-state index in [9.17, 15) is 4.79 Å². The molecule has 1 amide bonds. The normalized spacial score (nSPS) is 35.2. The van der Waals surface area contributed by atoms with E-state index in [-0.39, 0.29) is 36.8 Å². The van der Waals surface area contributed by atoms with E-state index in [1.165, 1.54) is 45.2 Å². The molecule has 5 atom stereocenters. The molecule has 25 heavy (non-hydrogen) atoms. The average Bonchev–Trinajstić information content (AvgIpc) is 2.94. The summed E-state index contributed by atoms with van der Waals surface area (Å²) in [5.74, 6) is 2.62. The molecular weight excluding hydrogens is 357 g/mol. The molecule has 148 valence electrons. The summed E-state index contributed by atoms with van der Waals surface area (Å²) in [6, 6.07) is 0.675. The van der Waals surface area contributed by atoms with Crippen molar-refractivity contribution in [3.05, 3.63) is 0 Å². The summed E-state index contributed by atoms with van der Waals surface area (Å²) in [6.45, 7) is 9.12. The van der Waals surface area contributed by atoms with Crippen LogP contribution in [0.3, 0.4) is 0 Å². The Hall–Kier alpha value is -0.0300. The van der Waals surface area contributed by atoms with Gasteiger partial charge >= 0.3 is 0 Å². The van der Waals surface area contributed by atoms with Crippen LogP contribution in [0.4, 0.5) is 0 Å². The molecule has 4 nitrogen and oxygen atoms in total. The number of carbonyl (C=O) groups excluding carboxylic acids is 1. The quantitative estimate of drug-likeness (QED) is 0.704. The first-order valence-corrected chi connectivity index (χ1v) is 9.88. The highest BCUT2D eigenvalue weighted by atomic mass is 35.5. The highest BCUT2D eigenvalue weighted by Gasteiger charge is 2.37. The lowest BCUT2D eigenvalue weighted by Gasteiger charge is -2.34. The lowest BCUT2D eigenvalue weighted by molar-refractivity contribution is -0.122. The summed E-state index contributed by atoms with van der Waals surface area (Å²) in [4.78, 5) is 14.9. The van der Waals surface area contributed by atoms with E-state index in [2.05, 4.69) is 29.4 Å². The highest BCUT2D eigenvalue weighted by Crippen LogP contribution is 2.33. The van der Waals surface area contributed by atoms with Crippen molar-refractivity contribution in [3.8, 4) is 0 Å². The number of likely N-dealkylation sites (tertiary alicyclic amines) is 1. The van der Waals surface area contributed by atoms with Crippen LogP contribution < -0.4 is 10.6 Å². The molecule has 6 heteroatoms. The number of rotatable bonds is 5. The number of nitrogens with zero attached hydrogens (tertiary/aromatic N) is 1. The molecule has 2 N–H and O–H groups in total. The topological polar surface area (TPSA) is 44.4 Å². The van der Waals surface area contributed by atoms with Gasteiger partial charge < -0.3 is 15.5 Å². The number of amides is 1. The maximum absolute atomic E-state index is 12.4. The molecule has 5 unspecified atom stereocenters. The maximum atomic E-state index is 12.4. The molecule has 0 aromatic heterocycles. The van der Waals surface area contributed by atoms with E-state index in [0.717, 1.165) is 43.7 Å². The smallest absolute Gasteiger partial charge is 0.237 e. The standard InChI is InChI=1S/C19H35N3O.2ClH/c1-14-10-15(2)13-22(12-14)9-5-8-20-19(23)18-11-16-6-3-4-7-17(16)21-18;;/h14-18,21H,3-13H2,1-2H3,(H,20,23);2*1H. The Kier molecular flexibility index (Phi) is 10.1. The summed E-state index contributed by atoms with van der Waals surface area (Å²) in [5.41, 5.74) is 0. The van der Waals surface area contributed by atoms with Gasteiger partial charge in [-0.25, -0.2) is 0 Å². The Labute approximate surface area is 166 Å². The van der Waals surface area contributed by atoms with Crippen LogP contribution in [0.25, 0.3) is 0 Å². The molecular formula is C19H37Cl2N3O. The average molecular weight is 394 g/mol. The Morgan fingerprint density at radius 3 is 2.44 bits per heavy atom. The number of hydrogen-bond acceptors (Lipinski definition) is 3. The van der Waals surface area contributed by atoms with Gasteiger partial charge in [-0.3, -0.25) is 4.79 Å². The number of fused-ring (bicyclic) bond motifs is 1. The molecule has 2 aliphatic heterocycles. The van der Waals surface area contributed by atoms with E-state index in [4.69, 9.17) is 0 Å². The van der Waals surface area contributed by atoms with E-state index in [1.54, 1.807) is 0 Å². The zero-order valence-corrected chi connectivity index (χ0v) is 17.5. The van der Waals surface area contributed by atoms with E-state index < -0.39 is 0 Å². The lowest BCUT2D eigenvalue weighted by Crippen LogP contribution is -2.44. The summed E-state index contributed by atoms with van der Waals surface area (Å²) in [7, 11) is 0. The number of hydrogen-bond donors (Lipinski definition) is 2. The van der Waals surface area contributed by atoms with E-state index in [1.807, 2.05) is 0 Å². The SMILES string of the molecule is CC1CC(C)CN(CCCNC(=O)C2CC3CCCCC3N2)C1.Cl.Cl. The largest absolute Gasteiger partial charge is 0.355 e. The molecule has 3 fully saturated rings. The van der Waals surface area contributed by atoms with E-state index >= 15 is 0 Å². The lowest BCUT2D eigenvalue weighted by atomic mass is 9.85. The van der Waals surface area contributed by atoms with Gasteiger partial charge in [0.2, 0.25) is 5.91 Å². The van der Waals surface area contributed by atoms with Crippen molar-refractivity contribution < 1.29 is 4.79 Å². The number of nitrogens with one attached hydrogen (secondary N) is 2. The van der Waals surface area contributed by atoms with Gasteiger partial charge in [-0.2, -0.15) is 0 Å². The molecule has 0 aromatic carbocycles. The zero-order valence-electron chi connectivity index (χ0n) is 15.8. The van der Waals surface area contributed by atoms with Gasteiger partial charge in [-0.05, 0) is 56.4 Å². The van der Waals surface area contributed by atoms with Gasteiger partial charge in [-0.15, -0.1) is 24.8 Å². The zero-order chi connectivity index (χ0) is 16.2. The van der Waals surface area contributed by atoms with Crippen LogP contribution in [0, 0.1) is 17.8 Å². The fourth-order valence-electron chi connectivity index (χ4n) is 5.13.